The molecule has 0 saturated heterocycles. The first-order chi connectivity index (χ1) is 14.5. The highest BCUT2D eigenvalue weighted by molar-refractivity contribution is 7.89. The smallest absolute Gasteiger partial charge is 0.238 e. The first-order valence-corrected chi connectivity index (χ1v) is 10.7. The van der Waals surface area contributed by atoms with Gasteiger partial charge in [-0.15, -0.1) is 0 Å². The quantitative estimate of drug-likeness (QED) is 0.620. The number of nitrogens with two attached hydrogens (primary N) is 1. The number of allylic oxidation sites excluding steroid dienone is 3. The van der Waals surface area contributed by atoms with E-state index in [2.05, 4.69) is 9.98 Å². The van der Waals surface area contributed by atoms with Crippen molar-refractivity contribution in [3.05, 3.63) is 65.9 Å². The Morgan fingerprint density at radius 1 is 1.26 bits per heavy atom. The maximum atomic E-state index is 14.6. The van der Waals surface area contributed by atoms with Gasteiger partial charge in [-0.25, -0.2) is 27.3 Å². The molecule has 0 amide bonds. The number of hydrogen-bond donors (Lipinski definition) is 1. The van der Waals surface area contributed by atoms with Crippen molar-refractivity contribution in [2.45, 2.75) is 38.3 Å². The molecule has 1 aromatic heterocycles. The maximum absolute atomic E-state index is 14.6. The summed E-state index contributed by atoms with van der Waals surface area (Å²) in [5, 5.41) is 5.14. The minimum atomic E-state index is -3.85. The molecular formula is C21H27F3N4O2S. The SMILES string of the molecule is C/C=C\N=C(C=C(C)C)c1nc(C(C)(F)CF)cn1-c1ccc(S(N)(=O)=O)cc1.CF. The number of rotatable bonds is 7. The van der Waals surface area contributed by atoms with Gasteiger partial charge >= 0.3 is 0 Å². The van der Waals surface area contributed by atoms with Crippen LogP contribution in [-0.4, -0.2) is 37.5 Å². The molecule has 6 nitrogen and oxygen atoms in total. The van der Waals surface area contributed by atoms with Crippen molar-refractivity contribution in [1.82, 2.24) is 9.55 Å². The number of nitrogens with zero attached hydrogens (tertiary/aromatic N) is 3. The van der Waals surface area contributed by atoms with Gasteiger partial charge in [0.2, 0.25) is 10.0 Å². The van der Waals surface area contributed by atoms with Gasteiger partial charge in [0.25, 0.3) is 0 Å². The van der Waals surface area contributed by atoms with Gasteiger partial charge in [0.1, 0.15) is 12.4 Å². The van der Waals surface area contributed by atoms with Crippen molar-refractivity contribution in [1.29, 1.82) is 0 Å². The Labute approximate surface area is 181 Å². The highest BCUT2D eigenvalue weighted by atomic mass is 32.2. The van der Waals surface area contributed by atoms with E-state index in [0.717, 1.165) is 12.5 Å². The molecular weight excluding hydrogens is 429 g/mol. The molecule has 1 heterocycles. The summed E-state index contributed by atoms with van der Waals surface area (Å²) >= 11 is 0. The third-order valence-electron chi connectivity index (χ3n) is 3.95. The number of imidazole rings is 1. The Balaban J connectivity index is 0.00000233. The van der Waals surface area contributed by atoms with Gasteiger partial charge in [0, 0.05) is 18.1 Å². The van der Waals surface area contributed by atoms with Gasteiger partial charge in [-0.3, -0.25) is 13.9 Å². The van der Waals surface area contributed by atoms with E-state index >= 15 is 0 Å². The Morgan fingerprint density at radius 3 is 2.29 bits per heavy atom. The number of primary sulfonamides is 1. The number of sulfonamides is 1. The van der Waals surface area contributed by atoms with E-state index < -0.39 is 22.4 Å². The summed E-state index contributed by atoms with van der Waals surface area (Å²) in [5.41, 5.74) is -0.504. The fourth-order valence-electron chi connectivity index (χ4n) is 2.46. The van der Waals surface area contributed by atoms with Crippen LogP contribution >= 0.6 is 0 Å². The zero-order valence-corrected chi connectivity index (χ0v) is 18.9. The minimum absolute atomic E-state index is 0.0608. The molecule has 2 aromatic rings. The second-order valence-corrected chi connectivity index (χ2v) is 8.47. The predicted octanol–water partition coefficient (Wildman–Crippen LogP) is 4.55. The van der Waals surface area contributed by atoms with E-state index in [1.807, 2.05) is 13.8 Å². The fraction of sp³-hybridized carbons (Fsp3) is 0.333. The second kappa shape index (κ2) is 11.1. The van der Waals surface area contributed by atoms with E-state index in [9.17, 15) is 21.6 Å². The van der Waals surface area contributed by atoms with Gasteiger partial charge in [-0.1, -0.05) is 11.6 Å². The first kappa shape index (κ1) is 26.3. The molecule has 1 aromatic carbocycles. The third kappa shape index (κ3) is 6.90. The lowest BCUT2D eigenvalue weighted by Gasteiger charge is -2.12. The van der Waals surface area contributed by atoms with Gasteiger partial charge in [-0.2, -0.15) is 0 Å². The molecule has 0 aliphatic rings. The van der Waals surface area contributed by atoms with Crippen molar-refractivity contribution in [2.75, 3.05) is 13.9 Å². The number of hydrogen-bond acceptors (Lipinski definition) is 4. The van der Waals surface area contributed by atoms with Gasteiger partial charge in [0.15, 0.2) is 11.5 Å². The monoisotopic (exact) mass is 456 g/mol. The minimum Gasteiger partial charge on any atom is -0.298 e. The third-order valence-corrected chi connectivity index (χ3v) is 4.88. The molecule has 2 N–H and O–H groups in total. The highest BCUT2D eigenvalue weighted by Gasteiger charge is 2.31. The molecule has 0 aliphatic heterocycles. The number of halogens is 3. The lowest BCUT2D eigenvalue weighted by Crippen LogP contribution is -2.18. The summed E-state index contributed by atoms with van der Waals surface area (Å²) in [7, 11) is -3.35. The average Bonchev–Trinajstić information content (AvgIpc) is 3.18. The molecule has 10 heteroatoms. The predicted molar refractivity (Wildman–Crippen MR) is 117 cm³/mol. The lowest BCUT2D eigenvalue weighted by atomic mass is 10.1. The molecule has 2 rings (SSSR count). The normalized spacial score (nSPS) is 14.0. The van der Waals surface area contributed by atoms with Crippen LogP contribution in [0.2, 0.25) is 0 Å². The van der Waals surface area contributed by atoms with Crippen molar-refractivity contribution in [2.24, 2.45) is 10.1 Å². The Morgan fingerprint density at radius 2 is 1.84 bits per heavy atom. The molecule has 0 fully saturated rings. The highest BCUT2D eigenvalue weighted by Crippen LogP contribution is 2.27. The topological polar surface area (TPSA) is 90.3 Å². The van der Waals surface area contributed by atoms with Crippen LogP contribution in [-0.2, 0) is 15.7 Å². The van der Waals surface area contributed by atoms with Crippen molar-refractivity contribution in [3.8, 4) is 5.69 Å². The summed E-state index contributed by atoms with van der Waals surface area (Å²) in [6, 6.07) is 5.69. The zero-order valence-electron chi connectivity index (χ0n) is 18.1. The lowest BCUT2D eigenvalue weighted by molar-refractivity contribution is 0.137. The number of aromatic nitrogens is 2. The van der Waals surface area contributed by atoms with Crippen LogP contribution in [0.15, 0.2) is 64.3 Å². The summed E-state index contributed by atoms with van der Waals surface area (Å²) in [5.74, 6) is 0.292. The Bertz CT molecular complexity index is 1070. The molecule has 0 saturated carbocycles. The molecule has 0 radical (unpaired) electrons. The maximum Gasteiger partial charge on any atom is 0.238 e. The molecule has 0 aliphatic carbocycles. The van der Waals surface area contributed by atoms with Crippen LogP contribution in [0.3, 0.4) is 0 Å². The molecule has 0 spiro atoms. The second-order valence-electron chi connectivity index (χ2n) is 6.91. The van der Waals surface area contributed by atoms with Crippen LogP contribution in [0, 0.1) is 0 Å². The van der Waals surface area contributed by atoms with Gasteiger partial charge in [-0.05, 0) is 58.0 Å². The largest absolute Gasteiger partial charge is 0.298 e. The molecule has 1 unspecified atom stereocenters. The average molecular weight is 457 g/mol. The Hall–Kier alpha value is -2.72. The van der Waals surface area contributed by atoms with Crippen LogP contribution in [0.5, 0.6) is 0 Å². The van der Waals surface area contributed by atoms with Crippen molar-refractivity contribution < 1.29 is 21.6 Å². The van der Waals surface area contributed by atoms with Crippen molar-refractivity contribution in [3.63, 3.8) is 0 Å². The standard InChI is InChI=1S/C20H24F2N4O2S.CH3F/c1-5-10-24-17(11-14(2)3)19-25-18(20(4,22)13-21)12-26(19)15-6-8-16(9-7-15)29(23,27)28;1-2/h5-12H,13H2,1-4H3,(H2,23,27,28);1H3/b10-5-,24-17?;. The molecule has 0 bridgehead atoms. The van der Waals surface area contributed by atoms with Crippen molar-refractivity contribution >= 4 is 15.7 Å². The number of alkyl halides is 3. The van der Waals surface area contributed by atoms with E-state index in [4.69, 9.17) is 5.14 Å². The van der Waals surface area contributed by atoms with Gasteiger partial charge < -0.3 is 0 Å². The van der Waals surface area contributed by atoms with E-state index in [1.165, 1.54) is 35.0 Å². The summed E-state index contributed by atoms with van der Waals surface area (Å²) in [4.78, 5) is 8.60. The van der Waals surface area contributed by atoms with Gasteiger partial charge in [0.05, 0.1) is 17.8 Å². The fourth-order valence-corrected chi connectivity index (χ4v) is 2.98. The van der Waals surface area contributed by atoms with Crippen LogP contribution in [0.1, 0.15) is 39.2 Å². The van der Waals surface area contributed by atoms with E-state index in [1.54, 1.807) is 25.3 Å². The summed E-state index contributed by atoms with van der Waals surface area (Å²) in [6.45, 7) is 5.42. The van der Waals surface area contributed by atoms with E-state index in [0.29, 0.717) is 24.4 Å². The Kier molecular flexibility index (Phi) is 9.39. The zero-order chi connectivity index (χ0) is 23.8. The first-order valence-electron chi connectivity index (χ1n) is 9.19. The number of aliphatic imine (C=N–C) groups is 1. The van der Waals surface area contributed by atoms with E-state index in [-0.39, 0.29) is 10.6 Å². The summed E-state index contributed by atoms with van der Waals surface area (Å²) in [6.07, 6.45) is 6.45. The molecule has 170 valence electrons. The van der Waals surface area contributed by atoms with Crippen LogP contribution in [0.25, 0.3) is 5.69 Å². The summed E-state index contributed by atoms with van der Waals surface area (Å²) < 4.78 is 61.9. The number of benzene rings is 1. The molecule has 31 heavy (non-hydrogen) atoms. The van der Waals surface area contributed by atoms with Crippen LogP contribution < -0.4 is 5.14 Å². The molecule has 1 atom stereocenters. The van der Waals surface area contributed by atoms with Crippen LogP contribution in [0.4, 0.5) is 13.2 Å².